The second-order valence-electron chi connectivity index (χ2n) is 4.35. The number of imidazole rings is 1. The third-order valence-electron chi connectivity index (χ3n) is 2.85. The summed E-state index contributed by atoms with van der Waals surface area (Å²) >= 11 is 0. The molecule has 1 heterocycles. The number of nitrogens with one attached hydrogen (secondary N) is 1. The molecule has 6 nitrogen and oxygen atoms in total. The van der Waals surface area contributed by atoms with Gasteiger partial charge in [-0.25, -0.2) is 4.98 Å². The molecule has 0 aliphatic rings. The first-order valence-electron chi connectivity index (χ1n) is 6.38. The van der Waals surface area contributed by atoms with Crippen LogP contribution >= 0.6 is 0 Å². The van der Waals surface area contributed by atoms with Crippen LogP contribution in [0, 0.1) is 0 Å². The van der Waals surface area contributed by atoms with E-state index >= 15 is 0 Å². The predicted molar refractivity (Wildman–Crippen MR) is 76.4 cm³/mol. The summed E-state index contributed by atoms with van der Waals surface area (Å²) in [5.41, 5.74) is 6.79. The highest BCUT2D eigenvalue weighted by atomic mass is 16.5. The number of nitrogens with zero attached hydrogens (tertiary/aromatic N) is 2. The number of aromatic nitrogens is 2. The molecule has 1 aromatic carbocycles. The molecule has 0 spiro atoms. The number of carbonyl (C=O) groups is 1. The smallest absolute Gasteiger partial charge is 0.257 e. The van der Waals surface area contributed by atoms with Gasteiger partial charge in [-0.1, -0.05) is 6.07 Å². The third-order valence-corrected chi connectivity index (χ3v) is 2.85. The van der Waals surface area contributed by atoms with Crippen LogP contribution in [0.15, 0.2) is 30.6 Å². The average molecular weight is 274 g/mol. The van der Waals surface area contributed by atoms with E-state index in [1.807, 2.05) is 6.92 Å². The van der Waals surface area contributed by atoms with Crippen molar-refractivity contribution in [2.24, 2.45) is 0 Å². The van der Waals surface area contributed by atoms with Crippen molar-refractivity contribution in [3.63, 3.8) is 0 Å². The Bertz CT molecular complexity index is 581. The maximum absolute atomic E-state index is 12.5. The molecule has 0 aliphatic heterocycles. The minimum absolute atomic E-state index is 0.155. The van der Waals surface area contributed by atoms with E-state index in [2.05, 4.69) is 9.97 Å². The number of hydrogen-bond donors (Lipinski definition) is 2. The zero-order chi connectivity index (χ0) is 14.5. The lowest BCUT2D eigenvalue weighted by molar-refractivity contribution is 0.0778. The highest BCUT2D eigenvalue weighted by Gasteiger charge is 2.19. The molecule has 0 radical (unpaired) electrons. The molecule has 20 heavy (non-hydrogen) atoms. The van der Waals surface area contributed by atoms with Gasteiger partial charge in [0.05, 0.1) is 24.4 Å². The molecule has 2 rings (SSSR count). The van der Waals surface area contributed by atoms with Crippen LogP contribution < -0.4 is 10.5 Å². The minimum atomic E-state index is -0.155. The van der Waals surface area contributed by atoms with Gasteiger partial charge < -0.3 is 20.4 Å². The van der Waals surface area contributed by atoms with Gasteiger partial charge >= 0.3 is 0 Å². The molecule has 0 aliphatic carbocycles. The van der Waals surface area contributed by atoms with Crippen molar-refractivity contribution in [1.82, 2.24) is 14.9 Å². The first-order chi connectivity index (χ1) is 9.63. The number of ether oxygens (including phenoxy) is 1. The first-order valence-corrected chi connectivity index (χ1v) is 6.38. The highest BCUT2D eigenvalue weighted by molar-refractivity contribution is 5.98. The van der Waals surface area contributed by atoms with Gasteiger partial charge in [0, 0.05) is 19.4 Å². The molecule has 0 unspecified atom stereocenters. The Morgan fingerprint density at radius 1 is 1.50 bits per heavy atom. The molecule has 3 N–H and O–H groups in total. The summed E-state index contributed by atoms with van der Waals surface area (Å²) in [4.78, 5) is 21.1. The quantitative estimate of drug-likeness (QED) is 0.812. The largest absolute Gasteiger partial charge is 0.491 e. The Morgan fingerprint density at radius 2 is 2.30 bits per heavy atom. The zero-order valence-corrected chi connectivity index (χ0v) is 11.6. The van der Waals surface area contributed by atoms with E-state index in [0.717, 1.165) is 5.82 Å². The van der Waals surface area contributed by atoms with Gasteiger partial charge in [-0.15, -0.1) is 0 Å². The lowest BCUT2D eigenvalue weighted by atomic mass is 10.1. The number of para-hydroxylation sites is 1. The number of carbonyl (C=O) groups excluding carboxylic acids is 1. The van der Waals surface area contributed by atoms with Gasteiger partial charge in [0.1, 0.15) is 5.82 Å². The molecule has 0 fully saturated rings. The normalized spacial score (nSPS) is 10.3. The summed E-state index contributed by atoms with van der Waals surface area (Å²) in [5.74, 6) is 1.01. The molecule has 0 atom stereocenters. The maximum atomic E-state index is 12.5. The maximum Gasteiger partial charge on any atom is 0.257 e. The molecular formula is C14H18N4O2. The summed E-state index contributed by atoms with van der Waals surface area (Å²) < 4.78 is 5.48. The van der Waals surface area contributed by atoms with Crippen LogP contribution in [-0.4, -0.2) is 34.4 Å². The molecule has 0 saturated heterocycles. The summed E-state index contributed by atoms with van der Waals surface area (Å²) in [6.07, 6.45) is 3.37. The number of anilines is 1. The van der Waals surface area contributed by atoms with Crippen molar-refractivity contribution in [3.8, 4) is 5.75 Å². The molecule has 6 heteroatoms. The van der Waals surface area contributed by atoms with Crippen LogP contribution in [0.4, 0.5) is 5.69 Å². The SMILES string of the molecule is CCOc1c(N)cccc1C(=O)N(C)Cc1ncc[nH]1. The van der Waals surface area contributed by atoms with Crippen LogP contribution in [-0.2, 0) is 6.54 Å². The van der Waals surface area contributed by atoms with E-state index in [1.54, 1.807) is 42.5 Å². The number of nitrogens with two attached hydrogens (primary N) is 1. The van der Waals surface area contributed by atoms with Gasteiger partial charge in [-0.05, 0) is 19.1 Å². The molecular weight excluding hydrogens is 256 g/mol. The van der Waals surface area contributed by atoms with Crippen LogP contribution in [0.2, 0.25) is 0 Å². The number of amides is 1. The average Bonchev–Trinajstić information content (AvgIpc) is 2.93. The standard InChI is InChI=1S/C14H18N4O2/c1-3-20-13-10(5-4-6-11(13)15)14(19)18(2)9-12-16-7-8-17-12/h4-8H,3,9,15H2,1-2H3,(H,16,17). The van der Waals surface area contributed by atoms with Crippen molar-refractivity contribution in [1.29, 1.82) is 0 Å². The Hall–Kier alpha value is -2.50. The Kier molecular flexibility index (Phi) is 4.24. The molecule has 0 saturated carbocycles. The van der Waals surface area contributed by atoms with E-state index in [1.165, 1.54) is 0 Å². The fourth-order valence-corrected chi connectivity index (χ4v) is 1.92. The Morgan fingerprint density at radius 3 is 2.95 bits per heavy atom. The highest BCUT2D eigenvalue weighted by Crippen LogP contribution is 2.27. The second-order valence-corrected chi connectivity index (χ2v) is 4.35. The minimum Gasteiger partial charge on any atom is -0.491 e. The third kappa shape index (κ3) is 2.90. The number of benzene rings is 1. The number of aromatic amines is 1. The van der Waals surface area contributed by atoms with Crippen LogP contribution in [0.1, 0.15) is 23.1 Å². The molecule has 0 bridgehead atoms. The number of hydrogen-bond acceptors (Lipinski definition) is 4. The Labute approximate surface area is 117 Å². The molecule has 2 aromatic rings. The monoisotopic (exact) mass is 274 g/mol. The van der Waals surface area contributed by atoms with Crippen molar-refractivity contribution in [2.75, 3.05) is 19.4 Å². The van der Waals surface area contributed by atoms with Gasteiger partial charge in [-0.3, -0.25) is 4.79 Å². The summed E-state index contributed by atoms with van der Waals surface area (Å²) in [6, 6.07) is 5.17. The summed E-state index contributed by atoms with van der Waals surface area (Å²) in [6.45, 7) is 2.70. The summed E-state index contributed by atoms with van der Waals surface area (Å²) in [5, 5.41) is 0. The lowest BCUT2D eigenvalue weighted by Crippen LogP contribution is -2.27. The van der Waals surface area contributed by atoms with E-state index < -0.39 is 0 Å². The number of H-pyrrole nitrogens is 1. The number of nitrogen functional groups attached to an aromatic ring is 1. The fraction of sp³-hybridized carbons (Fsp3) is 0.286. The van der Waals surface area contributed by atoms with Crippen LogP contribution in [0.3, 0.4) is 0 Å². The van der Waals surface area contributed by atoms with E-state index in [-0.39, 0.29) is 5.91 Å². The first kappa shape index (κ1) is 13.9. The van der Waals surface area contributed by atoms with Crippen LogP contribution in [0.25, 0.3) is 0 Å². The topological polar surface area (TPSA) is 84.2 Å². The summed E-state index contributed by atoms with van der Waals surface area (Å²) in [7, 11) is 1.71. The van der Waals surface area contributed by atoms with Crippen molar-refractivity contribution >= 4 is 11.6 Å². The molecule has 1 amide bonds. The van der Waals surface area contributed by atoms with E-state index in [4.69, 9.17) is 10.5 Å². The Balaban J connectivity index is 2.22. The van der Waals surface area contributed by atoms with Gasteiger partial charge in [0.15, 0.2) is 5.75 Å². The second kappa shape index (κ2) is 6.10. The van der Waals surface area contributed by atoms with Crippen molar-refractivity contribution < 1.29 is 9.53 Å². The van der Waals surface area contributed by atoms with E-state index in [0.29, 0.717) is 30.2 Å². The lowest BCUT2D eigenvalue weighted by Gasteiger charge is -2.18. The van der Waals surface area contributed by atoms with Crippen LogP contribution in [0.5, 0.6) is 5.75 Å². The van der Waals surface area contributed by atoms with Crippen molar-refractivity contribution in [2.45, 2.75) is 13.5 Å². The predicted octanol–water partition coefficient (Wildman–Crippen LogP) is 1.66. The van der Waals surface area contributed by atoms with Gasteiger partial charge in [0.25, 0.3) is 5.91 Å². The van der Waals surface area contributed by atoms with Crippen molar-refractivity contribution in [3.05, 3.63) is 42.0 Å². The fourth-order valence-electron chi connectivity index (χ4n) is 1.92. The van der Waals surface area contributed by atoms with Gasteiger partial charge in [0.2, 0.25) is 0 Å². The zero-order valence-electron chi connectivity index (χ0n) is 11.6. The molecule has 1 aromatic heterocycles. The van der Waals surface area contributed by atoms with E-state index in [9.17, 15) is 4.79 Å². The number of rotatable bonds is 5. The van der Waals surface area contributed by atoms with Gasteiger partial charge in [-0.2, -0.15) is 0 Å². The molecule has 106 valence electrons.